The minimum absolute atomic E-state index is 0.821. The van der Waals surface area contributed by atoms with E-state index in [1.165, 1.54) is 11.1 Å². The van der Waals surface area contributed by atoms with Crippen LogP contribution in [0.1, 0.15) is 11.1 Å². The van der Waals surface area contributed by atoms with E-state index < -0.39 is 0 Å². The predicted molar refractivity (Wildman–Crippen MR) is 81.1 cm³/mol. The number of hydrogen-bond donors (Lipinski definition) is 0. The highest BCUT2D eigenvalue weighted by molar-refractivity contribution is 9.10. The Morgan fingerprint density at radius 2 is 1.89 bits per heavy atom. The maximum Gasteiger partial charge on any atom is 0.143 e. The Hall–Kier alpha value is -1.68. The minimum atomic E-state index is 0.821. The van der Waals surface area contributed by atoms with Crippen molar-refractivity contribution in [1.29, 1.82) is 0 Å². The van der Waals surface area contributed by atoms with Crippen molar-refractivity contribution in [3.63, 3.8) is 0 Å². The van der Waals surface area contributed by atoms with Gasteiger partial charge in [0.05, 0.1) is 16.6 Å². The Morgan fingerprint density at radius 1 is 1.16 bits per heavy atom. The highest BCUT2D eigenvalue weighted by atomic mass is 79.9. The number of benzene rings is 1. The Labute approximate surface area is 120 Å². The molecule has 96 valence electrons. The van der Waals surface area contributed by atoms with Crippen molar-refractivity contribution in [3.8, 4) is 11.4 Å². The molecule has 0 unspecified atom stereocenters. The molecular weight excluding hydrogens is 302 g/mol. The van der Waals surface area contributed by atoms with Crippen molar-refractivity contribution >= 4 is 27.0 Å². The van der Waals surface area contributed by atoms with Gasteiger partial charge in [-0.25, -0.2) is 9.97 Å². The molecule has 0 radical (unpaired) electrons. The van der Waals surface area contributed by atoms with Crippen molar-refractivity contribution in [2.24, 2.45) is 7.05 Å². The molecule has 0 bridgehead atoms. The fraction of sp³-hybridized carbons (Fsp3) is 0.200. The predicted octanol–water partition coefficient (Wildman–Crippen LogP) is 4.01. The Bertz CT molecular complexity index is 774. The fourth-order valence-electron chi connectivity index (χ4n) is 2.24. The molecule has 0 atom stereocenters. The average molecular weight is 316 g/mol. The molecule has 0 fully saturated rings. The number of fused-ring (bicyclic) bond motifs is 1. The fourth-order valence-corrected chi connectivity index (χ4v) is 2.67. The molecular formula is C15H14BrN3. The molecule has 0 amide bonds. The van der Waals surface area contributed by atoms with Gasteiger partial charge in [-0.15, -0.1) is 0 Å². The highest BCUT2D eigenvalue weighted by Crippen LogP contribution is 2.29. The van der Waals surface area contributed by atoms with Crippen LogP contribution in [-0.4, -0.2) is 14.5 Å². The van der Waals surface area contributed by atoms with Gasteiger partial charge in [0, 0.05) is 13.2 Å². The number of hydrogen-bond acceptors (Lipinski definition) is 2. The third-order valence-corrected chi connectivity index (χ3v) is 4.13. The van der Waals surface area contributed by atoms with E-state index in [2.05, 4.69) is 51.5 Å². The lowest BCUT2D eigenvalue weighted by molar-refractivity contribution is 0.955. The molecule has 0 aliphatic rings. The number of imidazole rings is 1. The minimum Gasteiger partial charge on any atom is -0.327 e. The normalized spacial score (nSPS) is 11.2. The van der Waals surface area contributed by atoms with Gasteiger partial charge in [-0.05, 0) is 65.2 Å². The van der Waals surface area contributed by atoms with Crippen LogP contribution in [0.5, 0.6) is 0 Å². The van der Waals surface area contributed by atoms with Crippen LogP contribution in [-0.2, 0) is 7.05 Å². The molecule has 19 heavy (non-hydrogen) atoms. The SMILES string of the molecule is Cc1cc2nc(-c3cccnc3Br)n(C)c2cc1C. The lowest BCUT2D eigenvalue weighted by atomic mass is 10.1. The van der Waals surface area contributed by atoms with Gasteiger partial charge in [0.1, 0.15) is 10.4 Å². The van der Waals surface area contributed by atoms with Crippen molar-refractivity contribution in [2.75, 3.05) is 0 Å². The summed E-state index contributed by atoms with van der Waals surface area (Å²) >= 11 is 3.49. The molecule has 3 rings (SSSR count). The number of halogens is 1. The monoisotopic (exact) mass is 315 g/mol. The molecule has 2 aromatic heterocycles. The van der Waals surface area contributed by atoms with E-state index in [-0.39, 0.29) is 0 Å². The van der Waals surface area contributed by atoms with E-state index in [1.807, 2.05) is 19.2 Å². The van der Waals surface area contributed by atoms with Crippen molar-refractivity contribution in [2.45, 2.75) is 13.8 Å². The van der Waals surface area contributed by atoms with Gasteiger partial charge in [-0.1, -0.05) is 0 Å². The first-order valence-corrected chi connectivity index (χ1v) is 6.92. The van der Waals surface area contributed by atoms with E-state index in [0.717, 1.165) is 27.0 Å². The van der Waals surface area contributed by atoms with Crippen LogP contribution in [0.2, 0.25) is 0 Å². The molecule has 0 aliphatic heterocycles. The number of nitrogens with zero attached hydrogens (tertiary/aromatic N) is 3. The van der Waals surface area contributed by atoms with E-state index in [1.54, 1.807) is 6.20 Å². The number of aromatic nitrogens is 3. The van der Waals surface area contributed by atoms with Gasteiger partial charge in [0.15, 0.2) is 0 Å². The van der Waals surface area contributed by atoms with Crippen LogP contribution in [0.25, 0.3) is 22.4 Å². The molecule has 3 aromatic rings. The molecule has 0 spiro atoms. The van der Waals surface area contributed by atoms with Crippen molar-refractivity contribution in [3.05, 3.63) is 46.2 Å². The maximum atomic E-state index is 4.74. The Balaban J connectivity index is 2.32. The van der Waals surface area contributed by atoms with Crippen LogP contribution in [0.15, 0.2) is 35.1 Å². The van der Waals surface area contributed by atoms with Crippen molar-refractivity contribution < 1.29 is 0 Å². The molecule has 4 heteroatoms. The van der Waals surface area contributed by atoms with Crippen LogP contribution in [0.3, 0.4) is 0 Å². The second-order valence-corrected chi connectivity index (χ2v) is 5.51. The summed E-state index contributed by atoms with van der Waals surface area (Å²) in [6.07, 6.45) is 1.77. The van der Waals surface area contributed by atoms with Gasteiger partial charge in [0.2, 0.25) is 0 Å². The third kappa shape index (κ3) is 1.96. The van der Waals surface area contributed by atoms with Crippen LogP contribution in [0, 0.1) is 13.8 Å². The zero-order valence-electron chi connectivity index (χ0n) is 11.1. The second-order valence-electron chi connectivity index (χ2n) is 4.76. The van der Waals surface area contributed by atoms with Crippen LogP contribution in [0.4, 0.5) is 0 Å². The Kier molecular flexibility index (Phi) is 2.90. The van der Waals surface area contributed by atoms with Gasteiger partial charge < -0.3 is 4.57 Å². The van der Waals surface area contributed by atoms with E-state index >= 15 is 0 Å². The zero-order valence-corrected chi connectivity index (χ0v) is 12.7. The topological polar surface area (TPSA) is 30.7 Å². The van der Waals surface area contributed by atoms with Crippen LogP contribution < -0.4 is 0 Å². The molecule has 3 nitrogen and oxygen atoms in total. The first kappa shape index (κ1) is 12.4. The quantitative estimate of drug-likeness (QED) is 0.635. The molecule has 0 saturated carbocycles. The summed E-state index contributed by atoms with van der Waals surface area (Å²) in [6.45, 7) is 4.24. The summed E-state index contributed by atoms with van der Waals surface area (Å²) in [5.41, 5.74) is 5.73. The molecule has 0 aliphatic carbocycles. The molecule has 1 aromatic carbocycles. The van der Waals surface area contributed by atoms with Gasteiger partial charge in [-0.3, -0.25) is 0 Å². The summed E-state index contributed by atoms with van der Waals surface area (Å²) in [5, 5.41) is 0. The zero-order chi connectivity index (χ0) is 13.6. The third-order valence-electron chi connectivity index (χ3n) is 3.50. The van der Waals surface area contributed by atoms with E-state index in [9.17, 15) is 0 Å². The maximum absolute atomic E-state index is 4.74. The Morgan fingerprint density at radius 3 is 2.63 bits per heavy atom. The molecule has 0 saturated heterocycles. The average Bonchev–Trinajstić information content (AvgIpc) is 2.68. The van der Waals surface area contributed by atoms with Gasteiger partial charge in [-0.2, -0.15) is 0 Å². The number of aryl methyl sites for hydroxylation is 3. The number of pyridine rings is 1. The molecule has 0 N–H and O–H groups in total. The first-order chi connectivity index (χ1) is 9.08. The lowest BCUT2D eigenvalue weighted by Crippen LogP contribution is -1.94. The van der Waals surface area contributed by atoms with E-state index in [4.69, 9.17) is 4.98 Å². The molecule has 2 heterocycles. The van der Waals surface area contributed by atoms with Crippen LogP contribution >= 0.6 is 15.9 Å². The highest BCUT2D eigenvalue weighted by Gasteiger charge is 2.13. The van der Waals surface area contributed by atoms with Gasteiger partial charge in [0.25, 0.3) is 0 Å². The van der Waals surface area contributed by atoms with E-state index in [0.29, 0.717) is 0 Å². The summed E-state index contributed by atoms with van der Waals surface area (Å²) < 4.78 is 2.94. The van der Waals surface area contributed by atoms with Gasteiger partial charge >= 0.3 is 0 Å². The summed E-state index contributed by atoms with van der Waals surface area (Å²) in [7, 11) is 2.04. The summed E-state index contributed by atoms with van der Waals surface area (Å²) in [6, 6.07) is 8.28. The number of rotatable bonds is 1. The smallest absolute Gasteiger partial charge is 0.143 e. The lowest BCUT2D eigenvalue weighted by Gasteiger charge is -2.04. The largest absolute Gasteiger partial charge is 0.327 e. The first-order valence-electron chi connectivity index (χ1n) is 6.12. The summed E-state index contributed by atoms with van der Waals surface area (Å²) in [4.78, 5) is 9.00. The summed E-state index contributed by atoms with van der Waals surface area (Å²) in [5.74, 6) is 0.931. The van der Waals surface area contributed by atoms with Crippen molar-refractivity contribution in [1.82, 2.24) is 14.5 Å². The second kappa shape index (κ2) is 4.46. The standard InChI is InChI=1S/C15H14BrN3/c1-9-7-12-13(8-10(9)2)19(3)15(18-12)11-5-4-6-17-14(11)16/h4-8H,1-3H3.